The molecule has 0 atom stereocenters. The van der Waals surface area contributed by atoms with Crippen LogP contribution in [0.15, 0.2) is 55.1 Å². The molecular weight excluding hydrogens is 446 g/mol. The van der Waals surface area contributed by atoms with E-state index in [1.54, 1.807) is 31.9 Å². The summed E-state index contributed by atoms with van der Waals surface area (Å²) in [7, 11) is 1.64. The lowest BCUT2D eigenvalue weighted by atomic mass is 9.69. The van der Waals surface area contributed by atoms with E-state index >= 15 is 0 Å². The van der Waals surface area contributed by atoms with Crippen molar-refractivity contribution in [3.63, 3.8) is 0 Å². The van der Waals surface area contributed by atoms with E-state index in [-0.39, 0.29) is 6.61 Å². The first-order chi connectivity index (χ1) is 17.0. The minimum absolute atomic E-state index is 0.133. The third-order valence-electron chi connectivity index (χ3n) is 6.50. The molecule has 3 heterocycles. The molecule has 1 aromatic carbocycles. The Balaban J connectivity index is 1.29. The largest absolute Gasteiger partial charge is 0.497 e. The van der Waals surface area contributed by atoms with Crippen LogP contribution in [0, 0.1) is 12.3 Å². The molecule has 2 N–H and O–H groups in total. The lowest BCUT2D eigenvalue weighted by molar-refractivity contribution is -0.157. The summed E-state index contributed by atoms with van der Waals surface area (Å²) in [5, 5.41) is 9.47. The highest BCUT2D eigenvalue weighted by Gasteiger charge is 2.45. The van der Waals surface area contributed by atoms with Crippen molar-refractivity contribution >= 4 is 5.97 Å². The number of hydrogen-bond acceptors (Lipinski definition) is 7. The minimum Gasteiger partial charge on any atom is -0.497 e. The second-order valence-electron chi connectivity index (χ2n) is 8.73. The number of rotatable bonds is 8. The number of aromatic nitrogens is 5. The number of carboxylic acid groups (broad SMARTS) is 1. The average Bonchev–Trinajstić information content (AvgIpc) is 3.34. The van der Waals surface area contributed by atoms with Gasteiger partial charge in [0.15, 0.2) is 11.6 Å². The van der Waals surface area contributed by atoms with E-state index in [2.05, 4.69) is 24.9 Å². The molecule has 1 aliphatic carbocycles. The summed E-state index contributed by atoms with van der Waals surface area (Å²) in [6.45, 7) is 2.08. The topological polar surface area (TPSA) is 123 Å². The zero-order valence-electron chi connectivity index (χ0n) is 19.5. The van der Waals surface area contributed by atoms with Gasteiger partial charge < -0.3 is 19.6 Å². The number of nitrogens with zero attached hydrogens (tertiary/aromatic N) is 4. The number of imidazole rings is 1. The van der Waals surface area contributed by atoms with Crippen LogP contribution in [0.4, 0.5) is 0 Å². The molecule has 1 saturated carbocycles. The Morgan fingerprint density at radius 3 is 2.37 bits per heavy atom. The number of carboxylic acids is 1. The van der Waals surface area contributed by atoms with Crippen molar-refractivity contribution < 1.29 is 19.4 Å². The Hall–Kier alpha value is -4.27. The third-order valence-corrected chi connectivity index (χ3v) is 6.50. The molecule has 0 bridgehead atoms. The van der Waals surface area contributed by atoms with Gasteiger partial charge in [0.25, 0.3) is 0 Å². The van der Waals surface area contributed by atoms with E-state index in [0.717, 1.165) is 40.1 Å². The van der Waals surface area contributed by atoms with Gasteiger partial charge >= 0.3 is 5.97 Å². The van der Waals surface area contributed by atoms with Crippen LogP contribution < -0.4 is 9.47 Å². The summed E-state index contributed by atoms with van der Waals surface area (Å²) in [5.41, 5.74) is 3.68. The maximum atomic E-state index is 11.5. The van der Waals surface area contributed by atoms with Gasteiger partial charge in [0.05, 0.1) is 19.0 Å². The molecule has 3 aromatic heterocycles. The summed E-state index contributed by atoms with van der Waals surface area (Å²) in [4.78, 5) is 32.5. The summed E-state index contributed by atoms with van der Waals surface area (Å²) in [5.74, 6) is 1.46. The molecule has 4 aromatic rings. The Bertz CT molecular complexity index is 1350. The smallest absolute Gasteiger partial charge is 0.313 e. The van der Waals surface area contributed by atoms with E-state index < -0.39 is 11.4 Å². The maximum Gasteiger partial charge on any atom is 0.313 e. The second-order valence-corrected chi connectivity index (χ2v) is 8.73. The molecule has 0 aliphatic heterocycles. The van der Waals surface area contributed by atoms with Gasteiger partial charge in [0.1, 0.15) is 17.8 Å². The van der Waals surface area contributed by atoms with Crippen molar-refractivity contribution in [3.05, 3.63) is 60.7 Å². The van der Waals surface area contributed by atoms with Crippen molar-refractivity contribution in [2.75, 3.05) is 13.7 Å². The first-order valence-corrected chi connectivity index (χ1v) is 11.3. The van der Waals surface area contributed by atoms with Gasteiger partial charge in [-0.25, -0.2) is 19.9 Å². The van der Waals surface area contributed by atoms with E-state index in [1.807, 2.05) is 37.3 Å². The number of carbonyl (C=O) groups is 1. The standard InChI is InChI=1S/C26H25N5O4/c1-16-10-22(35-15-26(25(32)33)8-3-9-26)27-13-20(16)18-11-28-23(29-12-18)24-30-14-21(31-24)17-4-6-19(34-2)7-5-17/h4-7,10-14H,3,8-9,15H2,1-2H3,(H,30,31)(H,32,33). The molecule has 178 valence electrons. The zero-order chi connectivity index (χ0) is 24.4. The van der Waals surface area contributed by atoms with E-state index in [0.29, 0.717) is 30.4 Å². The number of benzene rings is 1. The number of aromatic amines is 1. The number of ether oxygens (including phenoxy) is 2. The SMILES string of the molecule is COc1ccc(-c2cnc(-c3ncc(-c4cnc(OCC5(C(=O)O)CCC5)cc4C)cn3)[nH]2)cc1. The van der Waals surface area contributed by atoms with Gasteiger partial charge in [0.2, 0.25) is 5.88 Å². The van der Waals surface area contributed by atoms with Gasteiger partial charge in [-0.1, -0.05) is 6.42 Å². The van der Waals surface area contributed by atoms with Crippen LogP contribution in [0.3, 0.4) is 0 Å². The second kappa shape index (κ2) is 9.17. The Morgan fingerprint density at radius 1 is 1.03 bits per heavy atom. The fourth-order valence-corrected chi connectivity index (χ4v) is 4.09. The van der Waals surface area contributed by atoms with E-state index in [4.69, 9.17) is 9.47 Å². The molecule has 9 nitrogen and oxygen atoms in total. The van der Waals surface area contributed by atoms with Crippen LogP contribution in [-0.4, -0.2) is 49.7 Å². The highest BCUT2D eigenvalue weighted by molar-refractivity contribution is 5.76. The molecule has 0 saturated heterocycles. The molecule has 0 radical (unpaired) electrons. The summed E-state index contributed by atoms with van der Waals surface area (Å²) < 4.78 is 10.9. The minimum atomic E-state index is -0.804. The number of aliphatic carboxylic acids is 1. The molecular formula is C26H25N5O4. The summed E-state index contributed by atoms with van der Waals surface area (Å²) >= 11 is 0. The number of methoxy groups -OCH3 is 1. The first-order valence-electron chi connectivity index (χ1n) is 11.3. The van der Waals surface area contributed by atoms with Gasteiger partial charge in [-0.05, 0) is 55.2 Å². The van der Waals surface area contributed by atoms with Gasteiger partial charge in [-0.15, -0.1) is 0 Å². The predicted octanol–water partition coefficient (Wildman–Crippen LogP) is 4.55. The summed E-state index contributed by atoms with van der Waals surface area (Å²) in [6.07, 6.45) is 9.11. The number of H-pyrrole nitrogens is 1. The molecule has 35 heavy (non-hydrogen) atoms. The molecule has 1 aliphatic rings. The first kappa shape index (κ1) is 22.5. The lowest BCUT2D eigenvalue weighted by Crippen LogP contribution is -2.43. The van der Waals surface area contributed by atoms with Gasteiger partial charge in [-0.3, -0.25) is 4.79 Å². The van der Waals surface area contributed by atoms with Gasteiger partial charge in [0, 0.05) is 35.8 Å². The average molecular weight is 472 g/mol. The van der Waals surface area contributed by atoms with E-state index in [1.165, 1.54) is 0 Å². The third kappa shape index (κ3) is 4.44. The highest BCUT2D eigenvalue weighted by atomic mass is 16.5. The molecule has 0 amide bonds. The quantitative estimate of drug-likeness (QED) is 0.384. The number of aryl methyl sites for hydroxylation is 1. The van der Waals surface area contributed by atoms with Crippen LogP contribution >= 0.6 is 0 Å². The molecule has 1 fully saturated rings. The van der Waals surface area contributed by atoms with Crippen LogP contribution in [0.2, 0.25) is 0 Å². The van der Waals surface area contributed by atoms with Crippen LogP contribution in [-0.2, 0) is 4.79 Å². The number of nitrogens with one attached hydrogen (secondary N) is 1. The van der Waals surface area contributed by atoms with Crippen molar-refractivity contribution in [1.29, 1.82) is 0 Å². The number of pyridine rings is 1. The van der Waals surface area contributed by atoms with Crippen LogP contribution in [0.25, 0.3) is 34.0 Å². The molecule has 9 heteroatoms. The van der Waals surface area contributed by atoms with Crippen molar-refractivity contribution in [2.45, 2.75) is 26.2 Å². The monoisotopic (exact) mass is 471 g/mol. The Morgan fingerprint density at radius 2 is 1.77 bits per heavy atom. The fourth-order valence-electron chi connectivity index (χ4n) is 4.09. The van der Waals surface area contributed by atoms with Crippen LogP contribution in [0.1, 0.15) is 24.8 Å². The lowest BCUT2D eigenvalue weighted by Gasteiger charge is -2.36. The zero-order valence-corrected chi connectivity index (χ0v) is 19.5. The Labute approximate surface area is 202 Å². The number of hydrogen-bond donors (Lipinski definition) is 2. The van der Waals surface area contributed by atoms with Crippen molar-refractivity contribution in [3.8, 4) is 45.7 Å². The van der Waals surface area contributed by atoms with E-state index in [9.17, 15) is 9.90 Å². The molecule has 0 unspecified atom stereocenters. The van der Waals surface area contributed by atoms with Gasteiger partial charge in [-0.2, -0.15) is 0 Å². The summed E-state index contributed by atoms with van der Waals surface area (Å²) in [6, 6.07) is 9.51. The Kier molecular flexibility index (Phi) is 5.90. The van der Waals surface area contributed by atoms with Crippen molar-refractivity contribution in [1.82, 2.24) is 24.9 Å². The fraction of sp³-hybridized carbons (Fsp3) is 0.269. The molecule has 5 rings (SSSR count). The van der Waals surface area contributed by atoms with Crippen molar-refractivity contribution in [2.24, 2.45) is 5.41 Å². The highest BCUT2D eigenvalue weighted by Crippen LogP contribution is 2.41. The normalized spacial score (nSPS) is 14.2. The predicted molar refractivity (Wildman–Crippen MR) is 129 cm³/mol. The van der Waals surface area contributed by atoms with Crippen LogP contribution in [0.5, 0.6) is 11.6 Å². The maximum absolute atomic E-state index is 11.5. The molecule has 0 spiro atoms.